The van der Waals surface area contributed by atoms with Crippen LogP contribution >= 0.6 is 11.3 Å². The molecule has 1 aliphatic rings. The van der Waals surface area contributed by atoms with Gasteiger partial charge in [-0.3, -0.25) is 4.79 Å². The van der Waals surface area contributed by atoms with Gasteiger partial charge in [0.05, 0.1) is 17.4 Å². The molecule has 1 aromatic carbocycles. The highest BCUT2D eigenvalue weighted by Crippen LogP contribution is 2.35. The van der Waals surface area contributed by atoms with Gasteiger partial charge in [-0.25, -0.2) is 9.97 Å². The Morgan fingerprint density at radius 3 is 2.80 bits per heavy atom. The van der Waals surface area contributed by atoms with Gasteiger partial charge in [-0.1, -0.05) is 12.1 Å². The van der Waals surface area contributed by atoms with Gasteiger partial charge in [0.2, 0.25) is 0 Å². The molecule has 7 heteroatoms. The number of ether oxygens (including phenoxy) is 1. The Morgan fingerprint density at radius 2 is 2.07 bits per heavy atom. The van der Waals surface area contributed by atoms with E-state index in [2.05, 4.69) is 34.3 Å². The zero-order valence-corrected chi connectivity index (χ0v) is 18.6. The Kier molecular flexibility index (Phi) is 6.18. The maximum atomic E-state index is 13.2. The molecule has 158 valence electrons. The second kappa shape index (κ2) is 9.00. The summed E-state index contributed by atoms with van der Waals surface area (Å²) < 4.78 is 5.21. The maximum Gasteiger partial charge on any atom is 0.264 e. The van der Waals surface area contributed by atoms with Crippen molar-refractivity contribution in [2.75, 3.05) is 25.5 Å². The van der Waals surface area contributed by atoms with Crippen LogP contribution in [0.15, 0.2) is 30.6 Å². The number of rotatable bonds is 6. The molecular weight excluding hydrogens is 396 g/mol. The molecule has 30 heavy (non-hydrogen) atoms. The third-order valence-electron chi connectivity index (χ3n) is 5.85. The van der Waals surface area contributed by atoms with Crippen molar-refractivity contribution in [2.24, 2.45) is 0 Å². The average Bonchev–Trinajstić information content (AvgIpc) is 3.11. The number of aryl methyl sites for hydroxylation is 1. The van der Waals surface area contributed by atoms with Crippen LogP contribution in [0.5, 0.6) is 5.75 Å². The number of carbonyl (C=O) groups is 1. The Bertz CT molecular complexity index is 1030. The lowest BCUT2D eigenvalue weighted by Crippen LogP contribution is -2.41. The third kappa shape index (κ3) is 4.12. The summed E-state index contributed by atoms with van der Waals surface area (Å²) in [6, 6.07) is 8.39. The van der Waals surface area contributed by atoms with E-state index in [9.17, 15) is 4.79 Å². The molecule has 0 saturated carbocycles. The van der Waals surface area contributed by atoms with E-state index in [1.165, 1.54) is 23.3 Å². The number of nitrogens with zero attached hydrogens (tertiary/aromatic N) is 3. The van der Waals surface area contributed by atoms with E-state index in [4.69, 9.17) is 4.74 Å². The minimum Gasteiger partial charge on any atom is -0.497 e. The number of piperidine rings is 1. The minimum absolute atomic E-state index is 0.131. The van der Waals surface area contributed by atoms with Crippen LogP contribution < -0.4 is 10.1 Å². The average molecular weight is 425 g/mol. The normalized spacial score (nSPS) is 16.6. The number of carbonyl (C=O) groups excluding carboxylic acids is 1. The lowest BCUT2D eigenvalue weighted by molar-refractivity contribution is 0.0640. The van der Waals surface area contributed by atoms with Gasteiger partial charge in [-0.15, -0.1) is 11.3 Å². The Morgan fingerprint density at radius 1 is 1.27 bits per heavy atom. The predicted molar refractivity (Wildman–Crippen MR) is 122 cm³/mol. The molecule has 0 spiro atoms. The van der Waals surface area contributed by atoms with E-state index < -0.39 is 0 Å². The Labute approximate surface area is 181 Å². The molecule has 1 N–H and O–H groups in total. The molecular formula is C23H28N4O2S. The van der Waals surface area contributed by atoms with E-state index in [1.54, 1.807) is 13.4 Å². The second-order valence-corrected chi connectivity index (χ2v) is 8.83. The van der Waals surface area contributed by atoms with E-state index >= 15 is 0 Å². The number of methoxy groups -OCH3 is 1. The molecule has 2 aromatic heterocycles. The number of hydrogen-bond acceptors (Lipinski definition) is 6. The topological polar surface area (TPSA) is 67.3 Å². The first kappa shape index (κ1) is 20.6. The number of hydrogen-bond donors (Lipinski definition) is 1. The number of aromatic nitrogens is 2. The summed E-state index contributed by atoms with van der Waals surface area (Å²) >= 11 is 1.48. The van der Waals surface area contributed by atoms with Crippen LogP contribution in [-0.2, 0) is 6.42 Å². The second-order valence-electron chi connectivity index (χ2n) is 7.83. The van der Waals surface area contributed by atoms with Crippen molar-refractivity contribution in [1.29, 1.82) is 0 Å². The molecule has 4 rings (SSSR count). The van der Waals surface area contributed by atoms with E-state index in [0.717, 1.165) is 64.6 Å². The first-order valence-corrected chi connectivity index (χ1v) is 11.3. The lowest BCUT2D eigenvalue weighted by Gasteiger charge is -2.33. The fraction of sp³-hybridized carbons (Fsp3) is 0.435. The van der Waals surface area contributed by atoms with Gasteiger partial charge >= 0.3 is 0 Å². The summed E-state index contributed by atoms with van der Waals surface area (Å²) in [5.41, 5.74) is 2.20. The number of amides is 1. The van der Waals surface area contributed by atoms with Crippen LogP contribution in [0, 0.1) is 6.92 Å². The van der Waals surface area contributed by atoms with Crippen molar-refractivity contribution in [3.05, 3.63) is 46.6 Å². The van der Waals surface area contributed by atoms with Crippen molar-refractivity contribution in [1.82, 2.24) is 14.9 Å². The van der Waals surface area contributed by atoms with Gasteiger partial charge in [0.1, 0.15) is 22.7 Å². The summed E-state index contributed by atoms with van der Waals surface area (Å²) in [6.45, 7) is 5.75. The number of fused-ring (bicyclic) bond motifs is 1. The van der Waals surface area contributed by atoms with Crippen molar-refractivity contribution >= 4 is 33.3 Å². The zero-order chi connectivity index (χ0) is 21.1. The van der Waals surface area contributed by atoms with E-state index in [-0.39, 0.29) is 5.91 Å². The molecule has 1 fully saturated rings. The van der Waals surface area contributed by atoms with Crippen LogP contribution in [0.3, 0.4) is 0 Å². The lowest BCUT2D eigenvalue weighted by atomic mass is 10.0. The van der Waals surface area contributed by atoms with Crippen molar-refractivity contribution in [3.63, 3.8) is 0 Å². The van der Waals surface area contributed by atoms with Crippen molar-refractivity contribution in [3.8, 4) is 5.75 Å². The smallest absolute Gasteiger partial charge is 0.264 e. The first-order valence-electron chi connectivity index (χ1n) is 10.5. The van der Waals surface area contributed by atoms with Gasteiger partial charge in [-0.2, -0.15) is 0 Å². The summed E-state index contributed by atoms with van der Waals surface area (Å²) in [7, 11) is 1.67. The largest absolute Gasteiger partial charge is 0.497 e. The number of nitrogens with one attached hydrogen (secondary N) is 1. The fourth-order valence-corrected chi connectivity index (χ4v) is 5.16. The highest BCUT2D eigenvalue weighted by molar-refractivity contribution is 7.20. The summed E-state index contributed by atoms with van der Waals surface area (Å²) in [6.07, 6.45) is 5.80. The van der Waals surface area contributed by atoms with Crippen LogP contribution in [-0.4, -0.2) is 47.0 Å². The molecule has 1 atom stereocenters. The number of anilines is 1. The molecule has 1 aliphatic heterocycles. The standard InChI is InChI=1S/C23H28N4O2S/c1-15-6-4-5-13-27(15)23(28)20-16(2)19-21(25-14-26-22(19)30-20)24-12-11-17-7-9-18(29-3)10-8-17/h7-10,14-15H,4-6,11-13H2,1-3H3,(H,24,25,26). The summed E-state index contributed by atoms with van der Waals surface area (Å²) in [4.78, 5) is 25.8. The molecule has 1 saturated heterocycles. The summed E-state index contributed by atoms with van der Waals surface area (Å²) in [5.74, 6) is 1.79. The quantitative estimate of drug-likeness (QED) is 0.622. The van der Waals surface area contributed by atoms with Crippen molar-refractivity contribution in [2.45, 2.75) is 45.6 Å². The highest BCUT2D eigenvalue weighted by Gasteiger charge is 2.28. The monoisotopic (exact) mass is 424 g/mol. The van der Waals surface area contributed by atoms with Crippen molar-refractivity contribution < 1.29 is 9.53 Å². The zero-order valence-electron chi connectivity index (χ0n) is 17.8. The molecule has 3 heterocycles. The van der Waals surface area contributed by atoms with Crippen LogP contribution in [0.25, 0.3) is 10.2 Å². The van der Waals surface area contributed by atoms with Gasteiger partial charge in [0.15, 0.2) is 0 Å². The molecule has 6 nitrogen and oxygen atoms in total. The predicted octanol–water partition coefficient (Wildman–Crippen LogP) is 4.68. The first-order chi connectivity index (χ1) is 14.6. The van der Waals surface area contributed by atoms with Gasteiger partial charge in [-0.05, 0) is 62.8 Å². The van der Waals surface area contributed by atoms with Crippen LogP contribution in [0.1, 0.15) is 47.0 Å². The fourth-order valence-electron chi connectivity index (χ4n) is 4.06. The highest BCUT2D eigenvalue weighted by atomic mass is 32.1. The molecule has 0 bridgehead atoms. The SMILES string of the molecule is COc1ccc(CCNc2ncnc3sc(C(=O)N4CCCCC4C)c(C)c23)cc1. The van der Waals surface area contributed by atoms with Gasteiger partial charge in [0.25, 0.3) is 5.91 Å². The molecule has 1 amide bonds. The molecule has 0 radical (unpaired) electrons. The third-order valence-corrected chi connectivity index (χ3v) is 7.04. The number of likely N-dealkylation sites (tertiary alicyclic amines) is 1. The van der Waals surface area contributed by atoms with Crippen LogP contribution in [0.4, 0.5) is 5.82 Å². The number of benzene rings is 1. The Hall–Kier alpha value is -2.67. The number of thiophene rings is 1. The van der Waals surface area contributed by atoms with E-state index in [1.807, 2.05) is 24.0 Å². The Balaban J connectivity index is 1.52. The van der Waals surface area contributed by atoms with Gasteiger partial charge in [0, 0.05) is 19.1 Å². The van der Waals surface area contributed by atoms with Crippen LogP contribution in [0.2, 0.25) is 0 Å². The summed E-state index contributed by atoms with van der Waals surface area (Å²) in [5, 5.41) is 4.41. The molecule has 0 aliphatic carbocycles. The minimum atomic E-state index is 0.131. The maximum absolute atomic E-state index is 13.2. The molecule has 3 aromatic rings. The van der Waals surface area contributed by atoms with Gasteiger partial charge < -0.3 is 15.0 Å². The van der Waals surface area contributed by atoms with E-state index in [0.29, 0.717) is 6.04 Å². The molecule has 1 unspecified atom stereocenters.